The summed E-state index contributed by atoms with van der Waals surface area (Å²) in [4.78, 5) is 0. The molecule has 94 valence electrons. The van der Waals surface area contributed by atoms with Crippen LogP contribution in [0.2, 0.25) is 0 Å². The second kappa shape index (κ2) is 5.41. The predicted octanol–water partition coefficient (Wildman–Crippen LogP) is 3.94. The Bertz CT molecular complexity index is 360. The summed E-state index contributed by atoms with van der Waals surface area (Å²) in [5.74, 6) is 0.734. The number of aryl methyl sites for hydroxylation is 2. The maximum Gasteiger partial charge on any atom is 0.0406 e. The molecule has 1 aliphatic rings. The minimum atomic E-state index is 0.191. The number of nitrogens with one attached hydrogen (secondary N) is 1. The highest BCUT2D eigenvalue weighted by atomic mass is 35.5. The van der Waals surface area contributed by atoms with Crippen LogP contribution in [0.3, 0.4) is 0 Å². The zero-order valence-electron chi connectivity index (χ0n) is 10.9. The van der Waals surface area contributed by atoms with E-state index in [1.165, 1.54) is 42.4 Å². The Hall–Kier alpha value is -0.530. The molecule has 0 amide bonds. The predicted molar refractivity (Wildman–Crippen MR) is 74.7 cm³/mol. The highest BCUT2D eigenvalue weighted by Gasteiger charge is 2.32. The Morgan fingerprint density at radius 1 is 1.18 bits per heavy atom. The molecule has 0 unspecified atom stereocenters. The first-order valence-corrected chi connectivity index (χ1v) is 7.06. The van der Waals surface area contributed by atoms with E-state index in [2.05, 4.69) is 37.4 Å². The van der Waals surface area contributed by atoms with E-state index in [1.54, 1.807) is 0 Å². The summed E-state index contributed by atoms with van der Waals surface area (Å²) in [5, 5.41) is 3.71. The molecule has 1 nitrogen and oxygen atoms in total. The maximum atomic E-state index is 6.15. The third kappa shape index (κ3) is 2.83. The van der Waals surface area contributed by atoms with Crippen molar-refractivity contribution in [1.82, 2.24) is 5.32 Å². The van der Waals surface area contributed by atoms with Crippen LogP contribution >= 0.6 is 11.6 Å². The molecule has 1 saturated carbocycles. The van der Waals surface area contributed by atoms with Gasteiger partial charge in [0.15, 0.2) is 0 Å². The number of rotatable bonds is 4. The summed E-state index contributed by atoms with van der Waals surface area (Å²) in [6, 6.07) is 6.50. The van der Waals surface area contributed by atoms with Gasteiger partial charge in [0.1, 0.15) is 0 Å². The fourth-order valence-electron chi connectivity index (χ4n) is 2.81. The summed E-state index contributed by atoms with van der Waals surface area (Å²) < 4.78 is 0. The third-order valence-electron chi connectivity index (χ3n) is 4.10. The van der Waals surface area contributed by atoms with Crippen molar-refractivity contribution in [2.24, 2.45) is 0 Å². The molecule has 0 saturated heterocycles. The zero-order chi connectivity index (χ0) is 12.3. The molecule has 0 radical (unpaired) electrons. The number of halogens is 1. The average molecular weight is 252 g/mol. The highest BCUT2D eigenvalue weighted by Crippen LogP contribution is 2.31. The van der Waals surface area contributed by atoms with Crippen molar-refractivity contribution < 1.29 is 0 Å². The molecule has 0 heterocycles. The zero-order valence-corrected chi connectivity index (χ0v) is 11.6. The van der Waals surface area contributed by atoms with Crippen molar-refractivity contribution in [3.63, 3.8) is 0 Å². The van der Waals surface area contributed by atoms with E-state index in [0.717, 1.165) is 12.4 Å². The Labute approximate surface area is 110 Å². The standard InChI is InChI=1S/C15H22ClN/c1-12-6-5-7-13(2)14(12)10-17-15(11-16)8-3-4-9-15/h5-7,17H,3-4,8-11H2,1-2H3. The lowest BCUT2D eigenvalue weighted by molar-refractivity contribution is 0.367. The molecule has 1 aromatic carbocycles. The van der Waals surface area contributed by atoms with E-state index in [4.69, 9.17) is 11.6 Å². The van der Waals surface area contributed by atoms with Crippen molar-refractivity contribution in [3.05, 3.63) is 34.9 Å². The fraction of sp³-hybridized carbons (Fsp3) is 0.600. The smallest absolute Gasteiger partial charge is 0.0406 e. The quantitative estimate of drug-likeness (QED) is 0.800. The van der Waals surface area contributed by atoms with Gasteiger partial charge in [-0.3, -0.25) is 0 Å². The van der Waals surface area contributed by atoms with Gasteiger partial charge >= 0.3 is 0 Å². The molecule has 0 atom stereocenters. The summed E-state index contributed by atoms with van der Waals surface area (Å²) in [7, 11) is 0. The number of hydrogen-bond donors (Lipinski definition) is 1. The molecule has 1 aliphatic carbocycles. The van der Waals surface area contributed by atoms with Gasteiger partial charge in [-0.05, 0) is 43.4 Å². The van der Waals surface area contributed by atoms with Gasteiger partial charge in [0.25, 0.3) is 0 Å². The topological polar surface area (TPSA) is 12.0 Å². The van der Waals surface area contributed by atoms with Crippen LogP contribution < -0.4 is 5.32 Å². The Morgan fingerprint density at radius 2 is 1.76 bits per heavy atom. The SMILES string of the molecule is Cc1cccc(C)c1CNC1(CCl)CCCC1. The second-order valence-electron chi connectivity index (χ2n) is 5.34. The van der Waals surface area contributed by atoms with Gasteiger partial charge in [0, 0.05) is 18.0 Å². The molecule has 0 aliphatic heterocycles. The van der Waals surface area contributed by atoms with Crippen LogP contribution in [0.4, 0.5) is 0 Å². The van der Waals surface area contributed by atoms with Crippen molar-refractivity contribution in [3.8, 4) is 0 Å². The van der Waals surface area contributed by atoms with Crippen molar-refractivity contribution >= 4 is 11.6 Å². The van der Waals surface area contributed by atoms with Gasteiger partial charge < -0.3 is 5.32 Å². The molecule has 1 fully saturated rings. The van der Waals surface area contributed by atoms with Crippen molar-refractivity contribution in [1.29, 1.82) is 0 Å². The van der Waals surface area contributed by atoms with E-state index in [1.807, 2.05) is 0 Å². The van der Waals surface area contributed by atoms with Crippen molar-refractivity contribution in [2.45, 2.75) is 51.6 Å². The molecular formula is C15H22ClN. The van der Waals surface area contributed by atoms with Gasteiger partial charge in [-0.1, -0.05) is 31.0 Å². The lowest BCUT2D eigenvalue weighted by Crippen LogP contribution is -2.44. The first kappa shape index (κ1) is 12.9. The molecule has 0 bridgehead atoms. The maximum absolute atomic E-state index is 6.15. The largest absolute Gasteiger partial charge is 0.306 e. The minimum absolute atomic E-state index is 0.191. The number of hydrogen-bond acceptors (Lipinski definition) is 1. The first-order chi connectivity index (χ1) is 8.17. The number of benzene rings is 1. The van der Waals surface area contributed by atoms with Crippen LogP contribution in [0, 0.1) is 13.8 Å². The Morgan fingerprint density at radius 3 is 2.29 bits per heavy atom. The fourth-order valence-corrected chi connectivity index (χ4v) is 3.17. The van der Waals surface area contributed by atoms with Crippen LogP contribution in [0.25, 0.3) is 0 Å². The lowest BCUT2D eigenvalue weighted by atomic mass is 9.97. The molecule has 1 N–H and O–H groups in total. The van der Waals surface area contributed by atoms with E-state index in [9.17, 15) is 0 Å². The van der Waals surface area contributed by atoms with Gasteiger partial charge in [-0.25, -0.2) is 0 Å². The van der Waals surface area contributed by atoms with Gasteiger partial charge in [-0.15, -0.1) is 11.6 Å². The van der Waals surface area contributed by atoms with Gasteiger partial charge in [-0.2, -0.15) is 0 Å². The summed E-state index contributed by atoms with van der Waals surface area (Å²) in [5.41, 5.74) is 4.38. The highest BCUT2D eigenvalue weighted by molar-refractivity contribution is 6.18. The number of alkyl halides is 1. The monoisotopic (exact) mass is 251 g/mol. The molecule has 17 heavy (non-hydrogen) atoms. The summed E-state index contributed by atoms with van der Waals surface area (Å²) in [6.45, 7) is 5.32. The first-order valence-electron chi connectivity index (χ1n) is 6.53. The van der Waals surface area contributed by atoms with E-state index < -0.39 is 0 Å². The molecular weight excluding hydrogens is 230 g/mol. The average Bonchev–Trinajstić information content (AvgIpc) is 2.78. The van der Waals surface area contributed by atoms with Gasteiger partial charge in [0.05, 0.1) is 0 Å². The minimum Gasteiger partial charge on any atom is -0.306 e. The van der Waals surface area contributed by atoms with Gasteiger partial charge in [0.2, 0.25) is 0 Å². The van der Waals surface area contributed by atoms with E-state index in [-0.39, 0.29) is 5.54 Å². The summed E-state index contributed by atoms with van der Waals surface area (Å²) >= 11 is 6.15. The van der Waals surface area contributed by atoms with Crippen LogP contribution in [0.5, 0.6) is 0 Å². The second-order valence-corrected chi connectivity index (χ2v) is 5.61. The van der Waals surface area contributed by atoms with Crippen LogP contribution in [-0.2, 0) is 6.54 Å². The van der Waals surface area contributed by atoms with Crippen LogP contribution in [0.1, 0.15) is 42.4 Å². The van der Waals surface area contributed by atoms with Crippen LogP contribution in [-0.4, -0.2) is 11.4 Å². The van der Waals surface area contributed by atoms with E-state index in [0.29, 0.717) is 0 Å². The normalized spacial score (nSPS) is 18.5. The Balaban J connectivity index is 2.06. The lowest BCUT2D eigenvalue weighted by Gasteiger charge is -2.28. The summed E-state index contributed by atoms with van der Waals surface area (Å²) in [6.07, 6.45) is 5.07. The molecule has 1 aromatic rings. The van der Waals surface area contributed by atoms with Crippen molar-refractivity contribution in [2.75, 3.05) is 5.88 Å². The van der Waals surface area contributed by atoms with Crippen LogP contribution in [0.15, 0.2) is 18.2 Å². The molecule has 0 aromatic heterocycles. The molecule has 0 spiro atoms. The van der Waals surface area contributed by atoms with E-state index >= 15 is 0 Å². The third-order valence-corrected chi connectivity index (χ3v) is 4.61. The Kier molecular flexibility index (Phi) is 4.11. The molecule has 2 rings (SSSR count). The molecule has 2 heteroatoms.